The molecule has 2 aromatic rings. The molecule has 2 heteroatoms. The summed E-state index contributed by atoms with van der Waals surface area (Å²) in [5, 5.41) is 13.2. The van der Waals surface area contributed by atoms with E-state index in [0.717, 1.165) is 19.3 Å². The standard InChI is InChI=1S/C14H16OS/c1-14(7-5-11(15)9-14)12-4-2-3-10-6-8-16-13(10)12/h2-4,6,8,11,15H,5,7,9H2,1H3. The third kappa shape index (κ3) is 1.48. The van der Waals surface area contributed by atoms with Gasteiger partial charge < -0.3 is 5.11 Å². The Morgan fingerprint density at radius 3 is 3.00 bits per heavy atom. The minimum atomic E-state index is -0.111. The first-order chi connectivity index (χ1) is 7.69. The van der Waals surface area contributed by atoms with Gasteiger partial charge in [-0.1, -0.05) is 25.1 Å². The predicted octanol–water partition coefficient (Wildman–Crippen LogP) is 3.70. The van der Waals surface area contributed by atoms with Crippen LogP contribution in [0, 0.1) is 0 Å². The summed E-state index contributed by atoms with van der Waals surface area (Å²) in [5.41, 5.74) is 1.60. The molecule has 0 radical (unpaired) electrons. The van der Waals surface area contributed by atoms with Crippen molar-refractivity contribution in [3.63, 3.8) is 0 Å². The summed E-state index contributed by atoms with van der Waals surface area (Å²) in [7, 11) is 0. The molecule has 84 valence electrons. The summed E-state index contributed by atoms with van der Waals surface area (Å²) in [6, 6.07) is 8.72. The molecule has 0 aliphatic heterocycles. The Labute approximate surface area is 99.7 Å². The van der Waals surface area contributed by atoms with Gasteiger partial charge >= 0.3 is 0 Å². The van der Waals surface area contributed by atoms with E-state index in [0.29, 0.717) is 0 Å². The van der Waals surface area contributed by atoms with E-state index in [-0.39, 0.29) is 11.5 Å². The van der Waals surface area contributed by atoms with Crippen LogP contribution in [-0.2, 0) is 5.41 Å². The van der Waals surface area contributed by atoms with Crippen molar-refractivity contribution in [3.05, 3.63) is 35.2 Å². The molecule has 1 aromatic heterocycles. The number of aliphatic hydroxyl groups is 1. The van der Waals surface area contributed by atoms with Crippen LogP contribution in [0.2, 0.25) is 0 Å². The zero-order valence-electron chi connectivity index (χ0n) is 9.44. The lowest BCUT2D eigenvalue weighted by Gasteiger charge is -2.25. The van der Waals surface area contributed by atoms with E-state index in [1.807, 2.05) is 11.3 Å². The summed E-state index contributed by atoms with van der Waals surface area (Å²) in [4.78, 5) is 0. The summed E-state index contributed by atoms with van der Waals surface area (Å²) in [5.74, 6) is 0. The van der Waals surface area contributed by atoms with E-state index in [4.69, 9.17) is 0 Å². The first kappa shape index (κ1) is 10.3. The molecule has 0 bridgehead atoms. The van der Waals surface area contributed by atoms with Crippen molar-refractivity contribution in [2.24, 2.45) is 0 Å². The quantitative estimate of drug-likeness (QED) is 0.794. The predicted molar refractivity (Wildman–Crippen MR) is 69.0 cm³/mol. The van der Waals surface area contributed by atoms with Gasteiger partial charge in [0.05, 0.1) is 6.10 Å². The lowest BCUT2D eigenvalue weighted by molar-refractivity contribution is 0.175. The van der Waals surface area contributed by atoms with Crippen molar-refractivity contribution in [2.45, 2.75) is 37.7 Å². The van der Waals surface area contributed by atoms with Crippen LogP contribution in [0.4, 0.5) is 0 Å². The Kier molecular flexibility index (Phi) is 2.30. The Balaban J connectivity index is 2.15. The SMILES string of the molecule is CC1(c2cccc3ccsc23)CCC(O)C1. The minimum Gasteiger partial charge on any atom is -0.393 e. The summed E-state index contributed by atoms with van der Waals surface area (Å²) in [6.07, 6.45) is 2.84. The molecule has 1 nitrogen and oxygen atoms in total. The van der Waals surface area contributed by atoms with Gasteiger partial charge in [-0.25, -0.2) is 0 Å². The Bertz CT molecular complexity index is 516. The van der Waals surface area contributed by atoms with Gasteiger partial charge in [0, 0.05) is 4.70 Å². The second-order valence-electron chi connectivity index (χ2n) is 5.10. The van der Waals surface area contributed by atoms with Crippen LogP contribution in [0.25, 0.3) is 10.1 Å². The molecule has 1 aliphatic carbocycles. The molecule has 1 aliphatic rings. The Morgan fingerprint density at radius 1 is 1.38 bits per heavy atom. The topological polar surface area (TPSA) is 20.2 Å². The molecule has 3 rings (SSSR count). The number of rotatable bonds is 1. The van der Waals surface area contributed by atoms with Gasteiger partial charge in [-0.05, 0) is 47.1 Å². The van der Waals surface area contributed by atoms with Crippen molar-refractivity contribution in [2.75, 3.05) is 0 Å². The third-order valence-corrected chi connectivity index (χ3v) is 4.81. The smallest absolute Gasteiger partial charge is 0.0549 e. The maximum absolute atomic E-state index is 9.75. The van der Waals surface area contributed by atoms with Crippen molar-refractivity contribution in [3.8, 4) is 0 Å². The van der Waals surface area contributed by atoms with E-state index < -0.39 is 0 Å². The molecule has 16 heavy (non-hydrogen) atoms. The van der Waals surface area contributed by atoms with Gasteiger partial charge in [0.25, 0.3) is 0 Å². The van der Waals surface area contributed by atoms with Gasteiger partial charge in [-0.2, -0.15) is 0 Å². The largest absolute Gasteiger partial charge is 0.393 e. The van der Waals surface area contributed by atoms with Crippen LogP contribution in [0.1, 0.15) is 31.7 Å². The van der Waals surface area contributed by atoms with Gasteiger partial charge in [0.1, 0.15) is 0 Å². The molecule has 1 fully saturated rings. The Hall–Kier alpha value is -0.860. The van der Waals surface area contributed by atoms with Crippen LogP contribution >= 0.6 is 11.3 Å². The number of thiophene rings is 1. The van der Waals surface area contributed by atoms with Gasteiger partial charge in [0.2, 0.25) is 0 Å². The van der Waals surface area contributed by atoms with E-state index in [2.05, 4.69) is 36.6 Å². The molecule has 1 heterocycles. The fourth-order valence-corrected chi connectivity index (χ4v) is 3.99. The normalized spacial score (nSPS) is 30.0. The molecule has 2 atom stereocenters. The van der Waals surface area contributed by atoms with Gasteiger partial charge in [0.15, 0.2) is 0 Å². The molecule has 2 unspecified atom stereocenters. The maximum atomic E-state index is 9.75. The Morgan fingerprint density at radius 2 is 2.25 bits per heavy atom. The summed E-state index contributed by atoms with van der Waals surface area (Å²) < 4.78 is 1.40. The number of hydrogen-bond acceptors (Lipinski definition) is 2. The number of fused-ring (bicyclic) bond motifs is 1. The van der Waals surface area contributed by atoms with Crippen molar-refractivity contribution in [1.82, 2.24) is 0 Å². The van der Waals surface area contributed by atoms with Crippen LogP contribution in [0.3, 0.4) is 0 Å². The summed E-state index contributed by atoms with van der Waals surface area (Å²) in [6.45, 7) is 2.29. The lowest BCUT2D eigenvalue weighted by Crippen LogP contribution is -2.18. The zero-order chi connectivity index (χ0) is 11.2. The highest BCUT2D eigenvalue weighted by Crippen LogP contribution is 2.44. The first-order valence-electron chi connectivity index (χ1n) is 5.84. The second-order valence-corrected chi connectivity index (χ2v) is 6.02. The zero-order valence-corrected chi connectivity index (χ0v) is 10.3. The monoisotopic (exact) mass is 232 g/mol. The fourth-order valence-electron chi connectivity index (χ4n) is 2.92. The summed E-state index contributed by atoms with van der Waals surface area (Å²) >= 11 is 1.82. The molecule has 0 saturated heterocycles. The van der Waals surface area contributed by atoms with Crippen LogP contribution in [0.15, 0.2) is 29.6 Å². The highest BCUT2D eigenvalue weighted by molar-refractivity contribution is 7.17. The van der Waals surface area contributed by atoms with Gasteiger partial charge in [-0.15, -0.1) is 11.3 Å². The highest BCUT2D eigenvalue weighted by Gasteiger charge is 2.36. The highest BCUT2D eigenvalue weighted by atomic mass is 32.1. The lowest BCUT2D eigenvalue weighted by atomic mass is 9.80. The minimum absolute atomic E-state index is 0.111. The van der Waals surface area contributed by atoms with Crippen LogP contribution < -0.4 is 0 Å². The molecule has 0 spiro atoms. The van der Waals surface area contributed by atoms with Crippen LogP contribution in [0.5, 0.6) is 0 Å². The molecule has 1 aromatic carbocycles. The number of aliphatic hydroxyl groups excluding tert-OH is 1. The average molecular weight is 232 g/mol. The van der Waals surface area contributed by atoms with Crippen molar-refractivity contribution >= 4 is 21.4 Å². The van der Waals surface area contributed by atoms with E-state index in [9.17, 15) is 5.11 Å². The molecular formula is C14H16OS. The average Bonchev–Trinajstić information content (AvgIpc) is 2.85. The number of hydrogen-bond donors (Lipinski definition) is 1. The van der Waals surface area contributed by atoms with Crippen molar-refractivity contribution in [1.29, 1.82) is 0 Å². The first-order valence-corrected chi connectivity index (χ1v) is 6.72. The van der Waals surface area contributed by atoms with E-state index >= 15 is 0 Å². The molecule has 1 N–H and O–H groups in total. The third-order valence-electron chi connectivity index (χ3n) is 3.84. The second kappa shape index (κ2) is 3.57. The van der Waals surface area contributed by atoms with Gasteiger partial charge in [-0.3, -0.25) is 0 Å². The maximum Gasteiger partial charge on any atom is 0.0549 e. The van der Waals surface area contributed by atoms with Crippen molar-refractivity contribution < 1.29 is 5.11 Å². The fraction of sp³-hybridized carbons (Fsp3) is 0.429. The van der Waals surface area contributed by atoms with Crippen LogP contribution in [-0.4, -0.2) is 11.2 Å². The number of benzene rings is 1. The molecule has 1 saturated carbocycles. The molecular weight excluding hydrogens is 216 g/mol. The molecule has 0 amide bonds. The van der Waals surface area contributed by atoms with E-state index in [1.165, 1.54) is 15.6 Å². The van der Waals surface area contributed by atoms with E-state index in [1.54, 1.807) is 0 Å².